The topological polar surface area (TPSA) is 36.2 Å². The Balaban J connectivity index is 0.000000605. The molecule has 1 aromatic carbocycles. The monoisotopic (exact) mass is 178 g/mol. The van der Waals surface area contributed by atoms with E-state index in [0.717, 1.165) is 10.6 Å². The van der Waals surface area contributed by atoms with Crippen LogP contribution in [-0.4, -0.2) is 5.84 Å². The number of hydrogen-bond donors (Lipinski definition) is 1. The van der Waals surface area contributed by atoms with Crippen molar-refractivity contribution in [3.63, 3.8) is 0 Å². The minimum Gasteiger partial charge on any atom is -0.283 e. The Morgan fingerprint density at radius 3 is 2.64 bits per heavy atom. The average molecular weight is 178 g/mol. The molecule has 1 aliphatic heterocycles. The third-order valence-corrected chi connectivity index (χ3v) is 1.47. The van der Waals surface area contributed by atoms with Gasteiger partial charge in [-0.1, -0.05) is 18.2 Å². The van der Waals surface area contributed by atoms with Gasteiger partial charge in [0.1, 0.15) is 5.84 Å². The minimum absolute atomic E-state index is 0. The van der Waals surface area contributed by atoms with E-state index in [-0.39, 0.29) is 21.7 Å². The first-order chi connectivity index (χ1) is 4.86. The Bertz CT molecular complexity index is 358. The van der Waals surface area contributed by atoms with Crippen molar-refractivity contribution >= 4 is 11.9 Å². The summed E-state index contributed by atoms with van der Waals surface area (Å²) in [6.07, 6.45) is 1.76. The number of amidine groups is 1. The molecule has 2 rings (SSSR count). The van der Waals surface area contributed by atoms with Crippen molar-refractivity contribution in [2.75, 3.05) is 0 Å². The van der Waals surface area contributed by atoms with E-state index in [0.29, 0.717) is 5.84 Å². The standard InChI is InChI=1S/C8H6N2.Ti/c9-8-5-6-3-1-2-4-7(6)10-8;/h1-5,9H;. The number of nitrogens with one attached hydrogen (secondary N) is 1. The maximum absolute atomic E-state index is 7.21. The molecule has 0 saturated carbocycles. The van der Waals surface area contributed by atoms with Gasteiger partial charge in [-0.15, -0.1) is 0 Å². The van der Waals surface area contributed by atoms with Gasteiger partial charge in [0, 0.05) is 26.9 Å². The van der Waals surface area contributed by atoms with Crippen LogP contribution >= 0.6 is 0 Å². The van der Waals surface area contributed by atoms with E-state index in [1.54, 1.807) is 6.08 Å². The second kappa shape index (κ2) is 3.12. The van der Waals surface area contributed by atoms with E-state index in [9.17, 15) is 0 Å². The summed E-state index contributed by atoms with van der Waals surface area (Å²) < 4.78 is 0. The van der Waals surface area contributed by atoms with Crippen LogP contribution in [0.25, 0.3) is 6.08 Å². The van der Waals surface area contributed by atoms with Crippen LogP contribution in [0.15, 0.2) is 29.3 Å². The first kappa shape index (κ1) is 8.37. The van der Waals surface area contributed by atoms with Gasteiger partial charge in [0.25, 0.3) is 0 Å². The zero-order valence-corrected chi connectivity index (χ0v) is 7.40. The van der Waals surface area contributed by atoms with Gasteiger partial charge in [0.05, 0.1) is 5.36 Å². The molecule has 1 heterocycles. The second-order valence-corrected chi connectivity index (χ2v) is 2.20. The molecule has 0 aliphatic carbocycles. The first-order valence-corrected chi connectivity index (χ1v) is 3.10. The smallest absolute Gasteiger partial charge is 0.145 e. The predicted molar refractivity (Wildman–Crippen MR) is 39.4 cm³/mol. The third kappa shape index (κ3) is 1.47. The number of benzene rings is 1. The van der Waals surface area contributed by atoms with E-state index in [1.807, 2.05) is 24.3 Å². The summed E-state index contributed by atoms with van der Waals surface area (Å²) >= 11 is 0. The van der Waals surface area contributed by atoms with Crippen LogP contribution in [0.5, 0.6) is 0 Å². The van der Waals surface area contributed by atoms with Gasteiger partial charge < -0.3 is 0 Å². The fourth-order valence-corrected chi connectivity index (χ4v) is 1.02. The van der Waals surface area contributed by atoms with Gasteiger partial charge in [0.2, 0.25) is 0 Å². The van der Waals surface area contributed by atoms with Gasteiger partial charge in [0.15, 0.2) is 0 Å². The summed E-state index contributed by atoms with van der Waals surface area (Å²) in [4.78, 5) is 3.98. The van der Waals surface area contributed by atoms with E-state index >= 15 is 0 Å². The summed E-state index contributed by atoms with van der Waals surface area (Å²) in [5, 5.41) is 9.17. The third-order valence-electron chi connectivity index (χ3n) is 1.47. The molecule has 1 N–H and O–H groups in total. The Labute approximate surface area is 79.1 Å². The molecular formula is C8H6N2Ti. The number of para-hydroxylation sites is 1. The number of nitrogens with zero attached hydrogens (tertiary/aromatic N) is 1. The first-order valence-electron chi connectivity index (χ1n) is 3.10. The fourth-order valence-electron chi connectivity index (χ4n) is 1.02. The summed E-state index contributed by atoms with van der Waals surface area (Å²) in [6, 6.07) is 7.74. The summed E-state index contributed by atoms with van der Waals surface area (Å²) in [7, 11) is 0. The molecule has 0 amide bonds. The average Bonchev–Trinajstić information content (AvgIpc) is 2.27. The molecule has 0 aromatic heterocycles. The maximum atomic E-state index is 7.21. The molecule has 52 valence electrons. The minimum atomic E-state index is 0. The summed E-state index contributed by atoms with van der Waals surface area (Å²) in [5.74, 6) is 0.348. The van der Waals surface area contributed by atoms with Crippen LogP contribution in [0.1, 0.15) is 0 Å². The Morgan fingerprint density at radius 1 is 1.18 bits per heavy atom. The Hall–Kier alpha value is -0.726. The molecule has 0 bridgehead atoms. The molecule has 0 unspecified atom stereocenters. The van der Waals surface area contributed by atoms with Crippen LogP contribution in [0.4, 0.5) is 0 Å². The molecule has 3 heteroatoms. The number of fused-ring (bicyclic) bond motifs is 1. The van der Waals surface area contributed by atoms with Crippen molar-refractivity contribution in [2.24, 2.45) is 4.99 Å². The van der Waals surface area contributed by atoms with Crippen LogP contribution < -0.4 is 10.6 Å². The molecule has 1 aromatic rings. The predicted octanol–water partition coefficient (Wildman–Crippen LogP) is 0.0751. The molecule has 1 aliphatic rings. The van der Waals surface area contributed by atoms with E-state index in [1.165, 1.54) is 0 Å². The molecule has 0 atom stereocenters. The van der Waals surface area contributed by atoms with Crippen molar-refractivity contribution < 1.29 is 21.7 Å². The summed E-state index contributed by atoms with van der Waals surface area (Å²) in [5.41, 5.74) is 0. The molecule has 0 radical (unpaired) electrons. The number of rotatable bonds is 0. The van der Waals surface area contributed by atoms with Crippen LogP contribution in [0.3, 0.4) is 0 Å². The van der Waals surface area contributed by atoms with Crippen LogP contribution in [-0.2, 0) is 21.7 Å². The van der Waals surface area contributed by atoms with Crippen molar-refractivity contribution in [1.29, 1.82) is 5.41 Å². The molecule has 0 fully saturated rings. The van der Waals surface area contributed by atoms with Crippen LogP contribution in [0, 0.1) is 5.41 Å². The molecule has 0 spiro atoms. The van der Waals surface area contributed by atoms with E-state index in [4.69, 9.17) is 5.41 Å². The molecular weight excluding hydrogens is 172 g/mol. The largest absolute Gasteiger partial charge is 0.283 e. The van der Waals surface area contributed by atoms with E-state index in [2.05, 4.69) is 4.99 Å². The van der Waals surface area contributed by atoms with Crippen molar-refractivity contribution in [1.82, 2.24) is 0 Å². The van der Waals surface area contributed by atoms with Crippen molar-refractivity contribution in [3.05, 3.63) is 34.8 Å². The molecule has 0 saturated heterocycles. The van der Waals surface area contributed by atoms with Gasteiger partial charge in [-0.2, -0.15) is 0 Å². The Kier molecular flexibility index (Phi) is 2.37. The maximum Gasteiger partial charge on any atom is 0.145 e. The van der Waals surface area contributed by atoms with Crippen molar-refractivity contribution in [2.45, 2.75) is 0 Å². The second-order valence-electron chi connectivity index (χ2n) is 2.20. The number of hydrogen-bond acceptors (Lipinski definition) is 1. The quantitative estimate of drug-likeness (QED) is 0.546. The van der Waals surface area contributed by atoms with Gasteiger partial charge in [-0.05, 0) is 12.1 Å². The zero-order valence-electron chi connectivity index (χ0n) is 5.83. The normalized spacial score (nSPS) is 12.5. The van der Waals surface area contributed by atoms with Gasteiger partial charge in [-0.3, -0.25) is 5.41 Å². The van der Waals surface area contributed by atoms with Crippen molar-refractivity contribution in [3.8, 4) is 0 Å². The molecule has 2 nitrogen and oxygen atoms in total. The van der Waals surface area contributed by atoms with E-state index < -0.39 is 0 Å². The molecule has 11 heavy (non-hydrogen) atoms. The fraction of sp³-hybridized carbons (Fsp3) is 0. The Morgan fingerprint density at radius 2 is 1.91 bits per heavy atom. The van der Waals surface area contributed by atoms with Gasteiger partial charge in [-0.25, -0.2) is 4.99 Å². The summed E-state index contributed by atoms with van der Waals surface area (Å²) in [6.45, 7) is 0. The zero-order chi connectivity index (χ0) is 6.97. The SMILES string of the molecule is N=C1C=c2ccccc2=N1.[Ti]. The van der Waals surface area contributed by atoms with Crippen LogP contribution in [0.2, 0.25) is 0 Å². The van der Waals surface area contributed by atoms with Gasteiger partial charge >= 0.3 is 0 Å².